The predicted molar refractivity (Wildman–Crippen MR) is 85.9 cm³/mol. The summed E-state index contributed by atoms with van der Waals surface area (Å²) in [7, 11) is 3.52. The Hall–Kier alpha value is -2.21. The van der Waals surface area contributed by atoms with E-state index in [1.807, 2.05) is 31.2 Å². The minimum atomic E-state index is 0.0258. The summed E-state index contributed by atoms with van der Waals surface area (Å²) < 4.78 is 5.11. The summed E-state index contributed by atoms with van der Waals surface area (Å²) >= 11 is 0. The molecular formula is C17H22N4O2. The molecule has 3 rings (SSSR count). The molecular weight excluding hydrogens is 292 g/mol. The first kappa shape index (κ1) is 15.7. The normalized spacial score (nSPS) is 18.3. The minimum Gasteiger partial charge on any atom is -0.345 e. The van der Waals surface area contributed by atoms with Gasteiger partial charge in [0.15, 0.2) is 5.82 Å². The first-order valence-corrected chi connectivity index (χ1v) is 7.89. The van der Waals surface area contributed by atoms with Crippen LogP contribution in [0.3, 0.4) is 0 Å². The van der Waals surface area contributed by atoms with Crippen LogP contribution in [0.2, 0.25) is 0 Å². The number of aryl methyl sites for hydroxylation is 1. The third kappa shape index (κ3) is 3.42. The summed E-state index contributed by atoms with van der Waals surface area (Å²) in [6, 6.07) is 8.04. The Balaban J connectivity index is 1.70. The van der Waals surface area contributed by atoms with Crippen molar-refractivity contribution in [2.45, 2.75) is 32.4 Å². The van der Waals surface area contributed by atoms with Crippen molar-refractivity contribution < 1.29 is 9.32 Å². The molecule has 6 nitrogen and oxygen atoms in total. The Bertz CT molecular complexity index is 678. The lowest BCUT2D eigenvalue weighted by atomic mass is 10.1. The number of carbonyl (C=O) groups is 1. The molecule has 1 aromatic carbocycles. The van der Waals surface area contributed by atoms with Crippen molar-refractivity contribution in [3.8, 4) is 0 Å². The van der Waals surface area contributed by atoms with E-state index >= 15 is 0 Å². The maximum Gasteiger partial charge on any atom is 0.253 e. The summed E-state index contributed by atoms with van der Waals surface area (Å²) in [6.45, 7) is 3.67. The molecule has 1 aliphatic rings. The van der Waals surface area contributed by atoms with Gasteiger partial charge < -0.3 is 9.42 Å². The number of aromatic nitrogens is 2. The third-order valence-electron chi connectivity index (χ3n) is 4.20. The van der Waals surface area contributed by atoms with Gasteiger partial charge in [-0.15, -0.1) is 0 Å². The second-order valence-electron chi connectivity index (χ2n) is 6.20. The van der Waals surface area contributed by atoms with E-state index in [2.05, 4.69) is 15.0 Å². The van der Waals surface area contributed by atoms with Gasteiger partial charge in [-0.25, -0.2) is 0 Å². The number of amides is 1. The van der Waals surface area contributed by atoms with Crippen LogP contribution < -0.4 is 0 Å². The van der Waals surface area contributed by atoms with Gasteiger partial charge in [-0.2, -0.15) is 4.98 Å². The molecule has 0 N–H and O–H groups in total. The zero-order chi connectivity index (χ0) is 16.4. The maximum atomic E-state index is 11.9. The number of benzene rings is 1. The van der Waals surface area contributed by atoms with Crippen molar-refractivity contribution in [1.82, 2.24) is 19.9 Å². The third-order valence-corrected chi connectivity index (χ3v) is 4.20. The lowest BCUT2D eigenvalue weighted by molar-refractivity contribution is 0.0827. The Kier molecular flexibility index (Phi) is 4.43. The Morgan fingerprint density at radius 1 is 1.35 bits per heavy atom. The summed E-state index contributed by atoms with van der Waals surface area (Å²) in [5.74, 6) is 1.41. The monoisotopic (exact) mass is 314 g/mol. The van der Waals surface area contributed by atoms with Gasteiger partial charge >= 0.3 is 0 Å². The second-order valence-corrected chi connectivity index (χ2v) is 6.20. The fraction of sp³-hybridized carbons (Fsp3) is 0.471. The van der Waals surface area contributed by atoms with E-state index in [1.54, 1.807) is 19.0 Å². The highest BCUT2D eigenvalue weighted by Crippen LogP contribution is 2.31. The summed E-state index contributed by atoms with van der Waals surface area (Å²) in [5, 5.41) is 4.07. The van der Waals surface area contributed by atoms with E-state index in [0.29, 0.717) is 11.5 Å². The summed E-state index contributed by atoms with van der Waals surface area (Å²) in [6.07, 6.45) is 2.19. The fourth-order valence-corrected chi connectivity index (χ4v) is 3.00. The molecule has 23 heavy (non-hydrogen) atoms. The van der Waals surface area contributed by atoms with Gasteiger partial charge in [-0.3, -0.25) is 9.69 Å². The molecule has 0 unspecified atom stereocenters. The van der Waals surface area contributed by atoms with Gasteiger partial charge in [0.25, 0.3) is 5.91 Å². The zero-order valence-electron chi connectivity index (χ0n) is 13.8. The molecule has 1 saturated heterocycles. The van der Waals surface area contributed by atoms with Gasteiger partial charge in [0.05, 0.1) is 6.04 Å². The smallest absolute Gasteiger partial charge is 0.253 e. The first-order chi connectivity index (χ1) is 11.0. The van der Waals surface area contributed by atoms with E-state index < -0.39 is 0 Å². The fourth-order valence-electron chi connectivity index (χ4n) is 3.00. The van der Waals surface area contributed by atoms with Gasteiger partial charge in [-0.05, 0) is 37.1 Å². The number of likely N-dealkylation sites (tertiary alicyclic amines) is 1. The average Bonchev–Trinajstić information content (AvgIpc) is 3.16. The van der Waals surface area contributed by atoms with Crippen LogP contribution in [0, 0.1) is 6.92 Å². The molecule has 1 atom stereocenters. The largest absolute Gasteiger partial charge is 0.345 e. The number of hydrogen-bond acceptors (Lipinski definition) is 5. The number of nitrogens with zero attached hydrogens (tertiary/aromatic N) is 4. The quantitative estimate of drug-likeness (QED) is 0.867. The van der Waals surface area contributed by atoms with Gasteiger partial charge in [0.1, 0.15) is 0 Å². The topological polar surface area (TPSA) is 62.5 Å². The van der Waals surface area contributed by atoms with E-state index in [-0.39, 0.29) is 11.9 Å². The Morgan fingerprint density at radius 3 is 2.70 bits per heavy atom. The van der Waals surface area contributed by atoms with E-state index in [9.17, 15) is 4.79 Å². The standard InChI is InChI=1S/C17H22N4O2/c1-12-18-16(19-23-12)15-5-4-10-21(15)11-13-6-8-14(9-7-13)17(22)20(2)3/h6-9,15H,4-5,10-11H2,1-3H3/t15-/m0/s1. The van der Waals surface area contributed by atoms with Gasteiger partial charge in [-0.1, -0.05) is 17.3 Å². The van der Waals surface area contributed by atoms with Crippen LogP contribution in [-0.4, -0.2) is 46.5 Å². The van der Waals surface area contributed by atoms with E-state index in [4.69, 9.17) is 4.52 Å². The SMILES string of the molecule is Cc1nc([C@@H]2CCCN2Cc2ccc(C(=O)N(C)C)cc2)no1. The minimum absolute atomic E-state index is 0.0258. The molecule has 0 saturated carbocycles. The van der Waals surface area contributed by atoms with Crippen molar-refractivity contribution in [3.63, 3.8) is 0 Å². The molecule has 0 bridgehead atoms. The lowest BCUT2D eigenvalue weighted by Gasteiger charge is -2.22. The van der Waals surface area contributed by atoms with E-state index in [1.165, 1.54) is 5.56 Å². The van der Waals surface area contributed by atoms with Crippen LogP contribution in [0.25, 0.3) is 0 Å². The molecule has 6 heteroatoms. The van der Waals surface area contributed by atoms with Gasteiger partial charge in [0, 0.05) is 33.1 Å². The van der Waals surface area contributed by atoms with Crippen molar-refractivity contribution >= 4 is 5.91 Å². The summed E-state index contributed by atoms with van der Waals surface area (Å²) in [4.78, 5) is 20.3. The first-order valence-electron chi connectivity index (χ1n) is 7.89. The van der Waals surface area contributed by atoms with Crippen LogP contribution in [0.1, 0.15) is 46.5 Å². The lowest BCUT2D eigenvalue weighted by Crippen LogP contribution is -2.24. The number of hydrogen-bond donors (Lipinski definition) is 0. The van der Waals surface area contributed by atoms with Crippen LogP contribution in [0.5, 0.6) is 0 Å². The van der Waals surface area contributed by atoms with Crippen molar-refractivity contribution in [2.75, 3.05) is 20.6 Å². The molecule has 1 aliphatic heterocycles. The highest BCUT2D eigenvalue weighted by Gasteiger charge is 2.29. The zero-order valence-corrected chi connectivity index (χ0v) is 13.8. The number of rotatable bonds is 4. The molecule has 0 aliphatic carbocycles. The molecule has 0 radical (unpaired) electrons. The van der Waals surface area contributed by atoms with Gasteiger partial charge in [0.2, 0.25) is 5.89 Å². The molecule has 1 fully saturated rings. The molecule has 2 heterocycles. The molecule has 1 amide bonds. The Labute approximate surface area is 136 Å². The van der Waals surface area contributed by atoms with Crippen LogP contribution >= 0.6 is 0 Å². The number of carbonyl (C=O) groups excluding carboxylic acids is 1. The van der Waals surface area contributed by atoms with Crippen molar-refractivity contribution in [2.24, 2.45) is 0 Å². The molecule has 0 spiro atoms. The average molecular weight is 314 g/mol. The maximum absolute atomic E-state index is 11.9. The van der Waals surface area contributed by atoms with Crippen LogP contribution in [0.15, 0.2) is 28.8 Å². The van der Waals surface area contributed by atoms with Crippen molar-refractivity contribution in [1.29, 1.82) is 0 Å². The molecule has 1 aromatic heterocycles. The molecule has 122 valence electrons. The van der Waals surface area contributed by atoms with Crippen LogP contribution in [-0.2, 0) is 6.54 Å². The predicted octanol–water partition coefficient (Wildman–Crippen LogP) is 2.42. The Morgan fingerprint density at radius 2 is 2.09 bits per heavy atom. The highest BCUT2D eigenvalue weighted by molar-refractivity contribution is 5.93. The van der Waals surface area contributed by atoms with Crippen LogP contribution in [0.4, 0.5) is 0 Å². The van der Waals surface area contributed by atoms with E-state index in [0.717, 1.165) is 31.8 Å². The summed E-state index contributed by atoms with van der Waals surface area (Å²) in [5.41, 5.74) is 1.90. The second kappa shape index (κ2) is 6.50. The van der Waals surface area contributed by atoms with Crippen molar-refractivity contribution in [3.05, 3.63) is 47.1 Å². The molecule has 2 aromatic rings. The highest BCUT2D eigenvalue weighted by atomic mass is 16.5.